The largest absolute Gasteiger partial charge is 0.389 e. The maximum Gasteiger partial charge on any atom is 0.0729 e. The first-order chi connectivity index (χ1) is 9.69. The highest BCUT2D eigenvalue weighted by molar-refractivity contribution is 7.99. The van der Waals surface area contributed by atoms with Gasteiger partial charge in [-0.25, -0.2) is 0 Å². The molecule has 2 N–H and O–H groups in total. The molecule has 3 saturated heterocycles. The van der Waals surface area contributed by atoms with Gasteiger partial charge in [0.15, 0.2) is 0 Å². The molecule has 3 fully saturated rings. The highest BCUT2D eigenvalue weighted by atomic mass is 32.2. The summed E-state index contributed by atoms with van der Waals surface area (Å²) in [5.74, 6) is 3.30. The SMILES string of the molecule is CCC1CNCCC1(O)C1CCOC2(CCSCC2)C1. The van der Waals surface area contributed by atoms with Crippen molar-refractivity contribution in [2.45, 2.75) is 56.7 Å². The quantitative estimate of drug-likeness (QED) is 0.822. The van der Waals surface area contributed by atoms with Gasteiger partial charge < -0.3 is 15.2 Å². The minimum atomic E-state index is -0.457. The van der Waals surface area contributed by atoms with E-state index in [1.165, 1.54) is 24.3 Å². The molecule has 3 aliphatic rings. The summed E-state index contributed by atoms with van der Waals surface area (Å²) in [6, 6.07) is 0. The lowest BCUT2D eigenvalue weighted by Gasteiger charge is -2.52. The summed E-state index contributed by atoms with van der Waals surface area (Å²) < 4.78 is 6.20. The second-order valence-electron chi connectivity index (χ2n) is 6.88. The van der Waals surface area contributed by atoms with Crippen molar-refractivity contribution < 1.29 is 9.84 Å². The molecule has 3 rings (SSSR count). The maximum absolute atomic E-state index is 11.4. The second kappa shape index (κ2) is 6.15. The van der Waals surface area contributed by atoms with E-state index in [-0.39, 0.29) is 5.60 Å². The lowest BCUT2D eigenvalue weighted by atomic mass is 9.65. The number of aliphatic hydroxyl groups is 1. The van der Waals surface area contributed by atoms with Crippen molar-refractivity contribution in [1.29, 1.82) is 0 Å². The van der Waals surface area contributed by atoms with Gasteiger partial charge >= 0.3 is 0 Å². The summed E-state index contributed by atoms with van der Waals surface area (Å²) in [5.41, 5.74) is -0.367. The molecular formula is C16H29NO2S. The van der Waals surface area contributed by atoms with E-state index >= 15 is 0 Å². The highest BCUT2D eigenvalue weighted by Crippen LogP contribution is 2.46. The Kier molecular flexibility index (Phi) is 4.66. The van der Waals surface area contributed by atoms with Crippen molar-refractivity contribution in [3.8, 4) is 0 Å². The van der Waals surface area contributed by atoms with Crippen LogP contribution in [-0.2, 0) is 4.74 Å². The Morgan fingerprint density at radius 2 is 2.10 bits per heavy atom. The predicted octanol–water partition coefficient (Wildman–Crippen LogP) is 2.43. The fourth-order valence-electron chi connectivity index (χ4n) is 4.53. The molecule has 20 heavy (non-hydrogen) atoms. The molecule has 1 spiro atoms. The molecule has 0 aromatic rings. The van der Waals surface area contributed by atoms with Crippen LogP contribution >= 0.6 is 11.8 Å². The molecule has 3 aliphatic heterocycles. The molecule has 0 saturated carbocycles. The Hall–Kier alpha value is 0.230. The van der Waals surface area contributed by atoms with Crippen LogP contribution in [0.4, 0.5) is 0 Å². The Bertz CT molecular complexity index is 327. The van der Waals surface area contributed by atoms with Crippen LogP contribution in [0.2, 0.25) is 0 Å². The number of hydrogen-bond donors (Lipinski definition) is 2. The van der Waals surface area contributed by atoms with Gasteiger partial charge in [-0.3, -0.25) is 0 Å². The molecule has 0 aliphatic carbocycles. The predicted molar refractivity (Wildman–Crippen MR) is 84.2 cm³/mol. The number of hydrogen-bond acceptors (Lipinski definition) is 4. The van der Waals surface area contributed by atoms with Crippen molar-refractivity contribution in [3.63, 3.8) is 0 Å². The highest BCUT2D eigenvalue weighted by Gasteiger charge is 2.49. The van der Waals surface area contributed by atoms with Gasteiger partial charge in [-0.15, -0.1) is 0 Å². The standard InChI is InChI=1S/C16H29NO2S/c1-2-13-12-17-7-4-16(13,18)14-3-8-19-15(11-14)5-9-20-10-6-15/h13-14,17-18H,2-12H2,1H3. The summed E-state index contributed by atoms with van der Waals surface area (Å²) in [4.78, 5) is 0. The number of piperidine rings is 1. The zero-order valence-corrected chi connectivity index (χ0v) is 13.5. The summed E-state index contributed by atoms with van der Waals surface area (Å²) in [7, 11) is 0. The average Bonchev–Trinajstić information content (AvgIpc) is 2.48. The minimum absolute atomic E-state index is 0.0903. The molecule has 0 bridgehead atoms. The Morgan fingerprint density at radius 1 is 1.30 bits per heavy atom. The van der Waals surface area contributed by atoms with E-state index in [1.54, 1.807) is 0 Å². The monoisotopic (exact) mass is 299 g/mol. The number of nitrogens with one attached hydrogen (secondary N) is 1. The molecular weight excluding hydrogens is 270 g/mol. The molecule has 3 unspecified atom stereocenters. The maximum atomic E-state index is 11.4. The molecule has 0 aromatic carbocycles. The van der Waals surface area contributed by atoms with Gasteiger partial charge in [0.05, 0.1) is 11.2 Å². The normalized spacial score (nSPS) is 41.7. The molecule has 0 radical (unpaired) electrons. The molecule has 3 nitrogen and oxygen atoms in total. The van der Waals surface area contributed by atoms with E-state index in [2.05, 4.69) is 24.0 Å². The van der Waals surface area contributed by atoms with E-state index < -0.39 is 5.60 Å². The first-order valence-corrected chi connectivity index (χ1v) is 9.49. The van der Waals surface area contributed by atoms with Crippen LogP contribution in [-0.4, -0.2) is 47.5 Å². The minimum Gasteiger partial charge on any atom is -0.389 e. The smallest absolute Gasteiger partial charge is 0.0729 e. The summed E-state index contributed by atoms with van der Waals surface area (Å²) in [6.07, 6.45) is 6.48. The van der Waals surface area contributed by atoms with Crippen molar-refractivity contribution in [1.82, 2.24) is 5.32 Å². The van der Waals surface area contributed by atoms with Gasteiger partial charge in [0, 0.05) is 19.1 Å². The molecule has 4 heteroatoms. The lowest BCUT2D eigenvalue weighted by molar-refractivity contribution is -0.169. The lowest BCUT2D eigenvalue weighted by Crippen LogP contribution is -2.58. The summed E-state index contributed by atoms with van der Waals surface area (Å²) >= 11 is 2.05. The van der Waals surface area contributed by atoms with Gasteiger partial charge in [0.2, 0.25) is 0 Å². The third kappa shape index (κ3) is 2.77. The van der Waals surface area contributed by atoms with Crippen molar-refractivity contribution in [2.24, 2.45) is 11.8 Å². The first-order valence-electron chi connectivity index (χ1n) is 8.33. The van der Waals surface area contributed by atoms with Gasteiger partial charge in [-0.05, 0) is 62.5 Å². The molecule has 116 valence electrons. The topological polar surface area (TPSA) is 41.5 Å². The van der Waals surface area contributed by atoms with E-state index in [4.69, 9.17) is 4.74 Å². The van der Waals surface area contributed by atoms with E-state index in [0.29, 0.717) is 11.8 Å². The summed E-state index contributed by atoms with van der Waals surface area (Å²) in [5, 5.41) is 14.8. The van der Waals surface area contributed by atoms with E-state index in [9.17, 15) is 5.11 Å². The van der Waals surface area contributed by atoms with Crippen LogP contribution in [0.3, 0.4) is 0 Å². The van der Waals surface area contributed by atoms with Crippen molar-refractivity contribution in [2.75, 3.05) is 31.2 Å². The van der Waals surface area contributed by atoms with Crippen molar-refractivity contribution >= 4 is 11.8 Å². The first kappa shape index (κ1) is 15.1. The number of thioether (sulfide) groups is 1. The summed E-state index contributed by atoms with van der Waals surface area (Å²) in [6.45, 7) is 5.01. The van der Waals surface area contributed by atoms with Crippen LogP contribution in [0.1, 0.15) is 45.4 Å². The average molecular weight is 299 g/mol. The zero-order valence-electron chi connectivity index (χ0n) is 12.7. The third-order valence-electron chi connectivity index (χ3n) is 5.90. The molecule has 0 amide bonds. The van der Waals surface area contributed by atoms with Crippen LogP contribution < -0.4 is 5.32 Å². The van der Waals surface area contributed by atoms with Gasteiger partial charge in [0.25, 0.3) is 0 Å². The third-order valence-corrected chi connectivity index (χ3v) is 6.88. The van der Waals surface area contributed by atoms with Gasteiger partial charge in [-0.1, -0.05) is 6.92 Å². The van der Waals surface area contributed by atoms with Gasteiger partial charge in [-0.2, -0.15) is 11.8 Å². The van der Waals surface area contributed by atoms with Crippen LogP contribution in [0.25, 0.3) is 0 Å². The van der Waals surface area contributed by atoms with Crippen molar-refractivity contribution in [3.05, 3.63) is 0 Å². The Labute approximate surface area is 127 Å². The number of ether oxygens (including phenoxy) is 1. The van der Waals surface area contributed by atoms with E-state index in [0.717, 1.165) is 45.4 Å². The molecule has 0 aromatic heterocycles. The second-order valence-corrected chi connectivity index (χ2v) is 8.11. The zero-order chi connectivity index (χ0) is 14.1. The van der Waals surface area contributed by atoms with Crippen LogP contribution in [0.5, 0.6) is 0 Å². The van der Waals surface area contributed by atoms with Crippen LogP contribution in [0, 0.1) is 11.8 Å². The molecule has 3 heterocycles. The Morgan fingerprint density at radius 3 is 2.85 bits per heavy atom. The fourth-order valence-corrected chi connectivity index (χ4v) is 5.76. The van der Waals surface area contributed by atoms with Gasteiger partial charge in [0.1, 0.15) is 0 Å². The fraction of sp³-hybridized carbons (Fsp3) is 1.00. The Balaban J connectivity index is 1.74. The van der Waals surface area contributed by atoms with E-state index in [1.807, 2.05) is 0 Å². The number of rotatable bonds is 2. The molecule has 3 atom stereocenters. The van der Waals surface area contributed by atoms with Crippen LogP contribution in [0.15, 0.2) is 0 Å².